The number of hydrogen-bond donors (Lipinski definition) is 1. The van der Waals surface area contributed by atoms with Gasteiger partial charge in [0.15, 0.2) is 0 Å². The number of aromatic nitrogens is 1. The number of pyridine rings is 1. The van der Waals surface area contributed by atoms with Gasteiger partial charge in [0.05, 0.1) is 17.8 Å². The molecular weight excluding hydrogens is 228 g/mol. The van der Waals surface area contributed by atoms with E-state index in [1.54, 1.807) is 12.3 Å². The maximum Gasteiger partial charge on any atom is 0.0947 e. The van der Waals surface area contributed by atoms with Crippen LogP contribution in [0.15, 0.2) is 47.7 Å². The highest BCUT2D eigenvalue weighted by Gasteiger charge is 2.32. The highest BCUT2D eigenvalue weighted by atomic mass is 16.3. The minimum Gasteiger partial charge on any atom is -0.388 e. The van der Waals surface area contributed by atoms with E-state index in [1.807, 2.05) is 30.3 Å². The third kappa shape index (κ3) is 1.46. The first-order valence-corrected chi connectivity index (χ1v) is 5.59. The summed E-state index contributed by atoms with van der Waals surface area (Å²) in [6.45, 7) is 0. The molecule has 5 nitrogen and oxygen atoms in total. The van der Waals surface area contributed by atoms with Crippen molar-refractivity contribution in [1.82, 2.24) is 4.98 Å². The number of aliphatic hydroxyl groups excluding tert-OH is 1. The summed E-state index contributed by atoms with van der Waals surface area (Å²) in [7, 11) is 0. The van der Waals surface area contributed by atoms with Crippen molar-refractivity contribution in [2.24, 2.45) is 5.11 Å². The molecule has 0 bridgehead atoms. The lowest BCUT2D eigenvalue weighted by atomic mass is 9.84. The molecule has 1 aliphatic carbocycles. The molecule has 1 aromatic heterocycles. The number of azide groups is 1. The molecule has 1 aliphatic rings. The molecule has 0 fully saturated rings. The van der Waals surface area contributed by atoms with Gasteiger partial charge in [0, 0.05) is 16.7 Å². The molecule has 1 aromatic carbocycles. The van der Waals surface area contributed by atoms with Gasteiger partial charge >= 0.3 is 0 Å². The van der Waals surface area contributed by atoms with Crippen molar-refractivity contribution in [3.63, 3.8) is 0 Å². The highest BCUT2D eigenvalue weighted by Crippen LogP contribution is 2.44. The summed E-state index contributed by atoms with van der Waals surface area (Å²) in [5, 5.41) is 14.0. The fourth-order valence-corrected chi connectivity index (χ4v) is 2.37. The number of aliphatic hydroxyl groups is 1. The lowest BCUT2D eigenvalue weighted by Crippen LogP contribution is -2.16. The van der Waals surface area contributed by atoms with E-state index in [0.717, 1.165) is 22.4 Å². The van der Waals surface area contributed by atoms with Crippen molar-refractivity contribution in [3.8, 4) is 11.3 Å². The Morgan fingerprint density at radius 3 is 2.78 bits per heavy atom. The third-order valence-electron chi connectivity index (χ3n) is 3.17. The van der Waals surface area contributed by atoms with Gasteiger partial charge in [0.25, 0.3) is 0 Å². The average molecular weight is 238 g/mol. The lowest BCUT2D eigenvalue weighted by Gasteiger charge is -2.28. The monoisotopic (exact) mass is 238 g/mol. The van der Waals surface area contributed by atoms with Gasteiger partial charge in [-0.05, 0) is 22.7 Å². The van der Waals surface area contributed by atoms with E-state index in [1.165, 1.54) is 0 Å². The summed E-state index contributed by atoms with van der Waals surface area (Å²) in [6.07, 6.45) is 0.870. The standard InChI is InChI=1S/C13H10N4O/c14-17-16-12-10-6-3-7-15-11(10)8-4-1-2-5-9(8)13(12)18/h1-7,12-13,18H/t12-,13-/m0/s1. The van der Waals surface area contributed by atoms with Gasteiger partial charge in [-0.15, -0.1) is 0 Å². The van der Waals surface area contributed by atoms with Crippen molar-refractivity contribution in [2.75, 3.05) is 0 Å². The van der Waals surface area contributed by atoms with Crippen molar-refractivity contribution in [3.05, 3.63) is 64.2 Å². The zero-order chi connectivity index (χ0) is 12.5. The zero-order valence-electron chi connectivity index (χ0n) is 9.43. The van der Waals surface area contributed by atoms with Gasteiger partial charge < -0.3 is 5.11 Å². The maximum absolute atomic E-state index is 10.3. The van der Waals surface area contributed by atoms with Crippen LogP contribution in [0.1, 0.15) is 23.3 Å². The van der Waals surface area contributed by atoms with Crippen molar-refractivity contribution in [2.45, 2.75) is 12.1 Å². The summed E-state index contributed by atoms with van der Waals surface area (Å²) in [5.41, 5.74) is 11.8. The van der Waals surface area contributed by atoms with Crippen LogP contribution in [0.4, 0.5) is 0 Å². The van der Waals surface area contributed by atoms with Crippen molar-refractivity contribution in [1.29, 1.82) is 0 Å². The summed E-state index contributed by atoms with van der Waals surface area (Å²) < 4.78 is 0. The smallest absolute Gasteiger partial charge is 0.0947 e. The Labute approximate surface area is 103 Å². The lowest BCUT2D eigenvalue weighted by molar-refractivity contribution is 0.145. The molecule has 2 aromatic rings. The molecule has 0 radical (unpaired) electrons. The van der Waals surface area contributed by atoms with Gasteiger partial charge in [0.1, 0.15) is 0 Å². The van der Waals surface area contributed by atoms with Gasteiger partial charge in [-0.3, -0.25) is 4.98 Å². The maximum atomic E-state index is 10.3. The highest BCUT2D eigenvalue weighted by molar-refractivity contribution is 5.71. The van der Waals surface area contributed by atoms with Crippen LogP contribution in [0.2, 0.25) is 0 Å². The molecular formula is C13H10N4O. The van der Waals surface area contributed by atoms with E-state index in [-0.39, 0.29) is 0 Å². The molecule has 0 spiro atoms. The van der Waals surface area contributed by atoms with Crippen LogP contribution in [-0.2, 0) is 0 Å². The second-order valence-electron chi connectivity index (χ2n) is 4.12. The number of rotatable bonds is 1. The SMILES string of the molecule is [N-]=[N+]=N[C@H]1c2cccnc2-c2ccccc2[C@@H]1O. The topological polar surface area (TPSA) is 81.9 Å². The molecule has 1 heterocycles. The molecule has 18 heavy (non-hydrogen) atoms. The normalized spacial score (nSPS) is 20.5. The van der Waals surface area contributed by atoms with Gasteiger partial charge in [-0.1, -0.05) is 35.4 Å². The Kier molecular flexibility index (Phi) is 2.48. The number of hydrogen-bond acceptors (Lipinski definition) is 3. The number of nitrogens with zero attached hydrogens (tertiary/aromatic N) is 4. The Morgan fingerprint density at radius 1 is 1.17 bits per heavy atom. The molecule has 0 saturated carbocycles. The second-order valence-corrected chi connectivity index (χ2v) is 4.12. The van der Waals surface area contributed by atoms with E-state index in [2.05, 4.69) is 15.0 Å². The Hall–Kier alpha value is -2.36. The Balaban J connectivity index is 2.31. The van der Waals surface area contributed by atoms with E-state index < -0.39 is 12.1 Å². The largest absolute Gasteiger partial charge is 0.388 e. The van der Waals surface area contributed by atoms with Gasteiger partial charge in [-0.25, -0.2) is 0 Å². The first-order valence-electron chi connectivity index (χ1n) is 5.59. The second kappa shape index (κ2) is 4.14. The van der Waals surface area contributed by atoms with E-state index in [9.17, 15) is 5.11 Å². The summed E-state index contributed by atoms with van der Waals surface area (Å²) in [5.74, 6) is 0. The number of fused-ring (bicyclic) bond motifs is 3. The minimum absolute atomic E-state index is 0.617. The van der Waals surface area contributed by atoms with Crippen LogP contribution in [0.5, 0.6) is 0 Å². The van der Waals surface area contributed by atoms with Crippen molar-refractivity contribution >= 4 is 0 Å². The van der Waals surface area contributed by atoms with E-state index in [4.69, 9.17) is 5.53 Å². The molecule has 0 amide bonds. The van der Waals surface area contributed by atoms with Crippen molar-refractivity contribution < 1.29 is 5.11 Å². The fraction of sp³-hybridized carbons (Fsp3) is 0.154. The van der Waals surface area contributed by atoms with Crippen LogP contribution in [0, 0.1) is 0 Å². The predicted molar refractivity (Wildman–Crippen MR) is 66.5 cm³/mol. The Bertz CT molecular complexity index is 649. The fourth-order valence-electron chi connectivity index (χ4n) is 2.37. The molecule has 0 saturated heterocycles. The zero-order valence-corrected chi connectivity index (χ0v) is 9.43. The first-order chi connectivity index (χ1) is 8.83. The third-order valence-corrected chi connectivity index (χ3v) is 3.17. The Morgan fingerprint density at radius 2 is 1.94 bits per heavy atom. The summed E-state index contributed by atoms with van der Waals surface area (Å²) in [6, 6.07) is 10.5. The quantitative estimate of drug-likeness (QED) is 0.470. The van der Waals surface area contributed by atoms with Crippen LogP contribution >= 0.6 is 0 Å². The summed E-state index contributed by atoms with van der Waals surface area (Å²) in [4.78, 5) is 7.15. The van der Waals surface area contributed by atoms with Crippen LogP contribution in [0.3, 0.4) is 0 Å². The van der Waals surface area contributed by atoms with Gasteiger partial charge in [0.2, 0.25) is 0 Å². The van der Waals surface area contributed by atoms with E-state index >= 15 is 0 Å². The minimum atomic E-state index is -0.825. The molecule has 2 atom stereocenters. The molecule has 5 heteroatoms. The summed E-state index contributed by atoms with van der Waals surface area (Å²) >= 11 is 0. The molecule has 0 unspecified atom stereocenters. The number of benzene rings is 1. The molecule has 88 valence electrons. The van der Waals surface area contributed by atoms with Crippen LogP contribution in [0.25, 0.3) is 21.7 Å². The predicted octanol–water partition coefficient (Wildman–Crippen LogP) is 3.15. The molecule has 1 N–H and O–H groups in total. The van der Waals surface area contributed by atoms with Crippen LogP contribution in [-0.4, -0.2) is 10.1 Å². The molecule has 0 aliphatic heterocycles. The van der Waals surface area contributed by atoms with Gasteiger partial charge in [-0.2, -0.15) is 0 Å². The average Bonchev–Trinajstić information content (AvgIpc) is 2.43. The first kappa shape index (κ1) is 10.8. The van der Waals surface area contributed by atoms with Crippen LogP contribution < -0.4 is 0 Å². The van der Waals surface area contributed by atoms with E-state index in [0.29, 0.717) is 0 Å². The molecule has 3 rings (SSSR count).